The van der Waals surface area contributed by atoms with E-state index < -0.39 is 5.60 Å². The van der Waals surface area contributed by atoms with Gasteiger partial charge >= 0.3 is 6.09 Å². The lowest BCUT2D eigenvalue weighted by Gasteiger charge is -2.41. The first-order chi connectivity index (χ1) is 9.03. The molecule has 0 aromatic heterocycles. The molecule has 2 heterocycles. The minimum atomic E-state index is -0.546. The average molecular weight is 261 g/mol. The van der Waals surface area contributed by atoms with Crippen LogP contribution in [0.3, 0.4) is 0 Å². The van der Waals surface area contributed by atoms with Crippen LogP contribution in [0.25, 0.3) is 0 Å². The zero-order chi connectivity index (χ0) is 13.5. The van der Waals surface area contributed by atoms with E-state index in [1.165, 1.54) is 0 Å². The van der Waals surface area contributed by atoms with Crippen LogP contribution >= 0.6 is 0 Å². The topological polar surface area (TPSA) is 42.1 Å². The lowest BCUT2D eigenvalue weighted by atomic mass is 9.81. The molecule has 1 aromatic carbocycles. The number of ether oxygens (including phenoxy) is 2. The Kier molecular flexibility index (Phi) is 2.78. The van der Waals surface area contributed by atoms with E-state index in [1.807, 2.05) is 30.3 Å². The van der Waals surface area contributed by atoms with Crippen molar-refractivity contribution in [3.05, 3.63) is 35.9 Å². The fourth-order valence-corrected chi connectivity index (χ4v) is 2.74. The summed E-state index contributed by atoms with van der Waals surface area (Å²) < 4.78 is 11.3. The fourth-order valence-electron chi connectivity index (χ4n) is 2.74. The molecule has 2 fully saturated rings. The molecular formula is C15H19NO3. The Morgan fingerprint density at radius 3 is 2.58 bits per heavy atom. The van der Waals surface area contributed by atoms with Crippen LogP contribution in [0.5, 0.6) is 0 Å². The average Bonchev–Trinajstić information content (AvgIpc) is 3.13. The van der Waals surface area contributed by atoms with Crippen LogP contribution in [0, 0.1) is 0 Å². The van der Waals surface area contributed by atoms with Crippen LogP contribution < -0.4 is 0 Å². The number of carbonyl (C=O) groups excluding carboxylic acids is 1. The molecule has 2 atom stereocenters. The highest BCUT2D eigenvalue weighted by Gasteiger charge is 2.51. The van der Waals surface area contributed by atoms with Gasteiger partial charge in [0, 0.05) is 26.4 Å². The van der Waals surface area contributed by atoms with Gasteiger partial charge in [-0.25, -0.2) is 4.79 Å². The minimum absolute atomic E-state index is 0.147. The van der Waals surface area contributed by atoms with Crippen molar-refractivity contribution in [3.8, 4) is 0 Å². The second-order valence-electron chi connectivity index (χ2n) is 5.82. The van der Waals surface area contributed by atoms with Gasteiger partial charge in [-0.1, -0.05) is 30.3 Å². The summed E-state index contributed by atoms with van der Waals surface area (Å²) in [6.07, 6.45) is 1.28. The van der Waals surface area contributed by atoms with E-state index >= 15 is 0 Å². The summed E-state index contributed by atoms with van der Waals surface area (Å²) in [6.45, 7) is 3.53. The van der Waals surface area contributed by atoms with Crippen LogP contribution in [0.2, 0.25) is 0 Å². The van der Waals surface area contributed by atoms with Crippen molar-refractivity contribution in [2.24, 2.45) is 0 Å². The largest absolute Gasteiger partial charge is 0.438 e. The van der Waals surface area contributed by atoms with E-state index in [-0.39, 0.29) is 11.7 Å². The van der Waals surface area contributed by atoms with Crippen LogP contribution in [0.4, 0.5) is 4.79 Å². The van der Waals surface area contributed by atoms with Crippen LogP contribution in [-0.4, -0.2) is 36.8 Å². The van der Waals surface area contributed by atoms with Gasteiger partial charge in [-0.15, -0.1) is 0 Å². The molecule has 0 spiro atoms. The highest BCUT2D eigenvalue weighted by Crippen LogP contribution is 2.45. The molecule has 3 rings (SSSR count). The molecule has 0 N–H and O–H groups in total. The number of nitrogens with zero attached hydrogens (tertiary/aromatic N) is 1. The monoisotopic (exact) mass is 261 g/mol. The van der Waals surface area contributed by atoms with Crippen molar-refractivity contribution in [2.45, 2.75) is 31.0 Å². The Morgan fingerprint density at radius 2 is 2.00 bits per heavy atom. The Bertz CT molecular complexity index is 483. The van der Waals surface area contributed by atoms with Crippen molar-refractivity contribution < 1.29 is 14.3 Å². The fraction of sp³-hybridized carbons (Fsp3) is 0.533. The Morgan fingerprint density at radius 1 is 1.32 bits per heavy atom. The van der Waals surface area contributed by atoms with Crippen molar-refractivity contribution in [3.63, 3.8) is 0 Å². The third kappa shape index (κ3) is 2.32. The van der Waals surface area contributed by atoms with Crippen LogP contribution in [0.1, 0.15) is 25.3 Å². The number of hydrogen-bond donors (Lipinski definition) is 0. The summed E-state index contributed by atoms with van der Waals surface area (Å²) in [7, 11) is 1.77. The Labute approximate surface area is 113 Å². The second-order valence-corrected chi connectivity index (χ2v) is 5.82. The first kappa shape index (κ1) is 12.5. The third-order valence-electron chi connectivity index (χ3n) is 4.04. The van der Waals surface area contributed by atoms with Gasteiger partial charge in [0.2, 0.25) is 0 Å². The Balaban J connectivity index is 1.94. The number of epoxide rings is 1. The molecular weight excluding hydrogens is 242 g/mol. The standard InChI is InChI=1S/C15H19NO3/c1-14(11-18-14)10-15(12-6-4-3-5-7-12)8-9-16(2)13(17)19-15/h3-7H,8-11H2,1-2H3. The van der Waals surface area contributed by atoms with E-state index in [1.54, 1.807) is 11.9 Å². The summed E-state index contributed by atoms with van der Waals surface area (Å²) in [4.78, 5) is 13.6. The van der Waals surface area contributed by atoms with E-state index in [0.717, 1.165) is 25.0 Å². The number of cyclic esters (lactones) is 1. The van der Waals surface area contributed by atoms with E-state index in [9.17, 15) is 4.79 Å². The van der Waals surface area contributed by atoms with Gasteiger partial charge in [0.1, 0.15) is 5.60 Å². The number of amides is 1. The molecule has 19 heavy (non-hydrogen) atoms. The molecule has 4 heteroatoms. The number of rotatable bonds is 3. The first-order valence-corrected chi connectivity index (χ1v) is 6.67. The molecule has 2 aliphatic rings. The van der Waals surface area contributed by atoms with Gasteiger partial charge in [0.15, 0.2) is 0 Å². The van der Waals surface area contributed by atoms with Crippen molar-refractivity contribution >= 4 is 6.09 Å². The number of hydrogen-bond acceptors (Lipinski definition) is 3. The van der Waals surface area contributed by atoms with Crippen LogP contribution in [-0.2, 0) is 15.1 Å². The van der Waals surface area contributed by atoms with Crippen molar-refractivity contribution in [2.75, 3.05) is 20.2 Å². The van der Waals surface area contributed by atoms with E-state index in [0.29, 0.717) is 6.54 Å². The zero-order valence-corrected chi connectivity index (χ0v) is 11.4. The van der Waals surface area contributed by atoms with E-state index in [4.69, 9.17) is 9.47 Å². The number of benzene rings is 1. The summed E-state index contributed by atoms with van der Waals surface area (Å²) in [5.74, 6) is 0. The highest BCUT2D eigenvalue weighted by molar-refractivity contribution is 5.69. The van der Waals surface area contributed by atoms with Gasteiger partial charge in [0.25, 0.3) is 0 Å². The maximum absolute atomic E-state index is 12.0. The summed E-state index contributed by atoms with van der Waals surface area (Å²) in [6, 6.07) is 10.0. The second kappa shape index (κ2) is 4.23. The molecule has 0 bridgehead atoms. The summed E-state index contributed by atoms with van der Waals surface area (Å²) in [5.41, 5.74) is 0.371. The molecule has 0 radical (unpaired) electrons. The van der Waals surface area contributed by atoms with Crippen LogP contribution in [0.15, 0.2) is 30.3 Å². The minimum Gasteiger partial charge on any atom is -0.438 e. The third-order valence-corrected chi connectivity index (χ3v) is 4.04. The highest BCUT2D eigenvalue weighted by atomic mass is 16.6. The smallest absolute Gasteiger partial charge is 0.410 e. The van der Waals surface area contributed by atoms with Gasteiger partial charge in [0.05, 0.1) is 12.2 Å². The molecule has 102 valence electrons. The summed E-state index contributed by atoms with van der Waals surface area (Å²) in [5, 5.41) is 0. The summed E-state index contributed by atoms with van der Waals surface area (Å²) >= 11 is 0. The molecule has 2 unspecified atom stereocenters. The predicted octanol–water partition coefficient (Wildman–Crippen LogP) is 2.53. The molecule has 4 nitrogen and oxygen atoms in total. The van der Waals surface area contributed by atoms with Gasteiger partial charge in [-0.2, -0.15) is 0 Å². The number of carbonyl (C=O) groups is 1. The molecule has 2 aliphatic heterocycles. The van der Waals surface area contributed by atoms with Crippen molar-refractivity contribution in [1.29, 1.82) is 0 Å². The quantitative estimate of drug-likeness (QED) is 0.785. The predicted molar refractivity (Wildman–Crippen MR) is 70.8 cm³/mol. The molecule has 1 amide bonds. The maximum Gasteiger partial charge on any atom is 0.410 e. The lowest BCUT2D eigenvalue weighted by Crippen LogP contribution is -2.48. The maximum atomic E-state index is 12.0. The van der Waals surface area contributed by atoms with Crippen molar-refractivity contribution in [1.82, 2.24) is 4.90 Å². The lowest BCUT2D eigenvalue weighted by molar-refractivity contribution is -0.0637. The SMILES string of the molecule is CN1CCC(CC2(C)CO2)(c2ccccc2)OC1=O. The molecule has 0 saturated carbocycles. The molecule has 2 saturated heterocycles. The Hall–Kier alpha value is -1.55. The molecule has 1 aromatic rings. The normalized spacial score (nSPS) is 34.0. The van der Waals surface area contributed by atoms with E-state index in [2.05, 4.69) is 6.92 Å². The zero-order valence-electron chi connectivity index (χ0n) is 11.4. The molecule has 0 aliphatic carbocycles. The van der Waals surface area contributed by atoms with Gasteiger partial charge in [-0.3, -0.25) is 0 Å². The first-order valence-electron chi connectivity index (χ1n) is 6.67. The van der Waals surface area contributed by atoms with Gasteiger partial charge in [-0.05, 0) is 12.5 Å². The van der Waals surface area contributed by atoms with Gasteiger partial charge < -0.3 is 14.4 Å².